The monoisotopic (exact) mass is 347 g/mol. The summed E-state index contributed by atoms with van der Waals surface area (Å²) in [6, 6.07) is 11.2. The van der Waals surface area contributed by atoms with Crippen molar-refractivity contribution >= 4 is 9.84 Å². The highest BCUT2D eigenvalue weighted by molar-refractivity contribution is 7.91. The van der Waals surface area contributed by atoms with E-state index in [4.69, 9.17) is 0 Å². The van der Waals surface area contributed by atoms with Crippen molar-refractivity contribution in [2.45, 2.75) is 44.2 Å². The molecule has 0 saturated carbocycles. The Morgan fingerprint density at radius 3 is 2.62 bits per heavy atom. The van der Waals surface area contributed by atoms with Gasteiger partial charge in [0, 0.05) is 18.3 Å². The van der Waals surface area contributed by atoms with Crippen LogP contribution in [0.1, 0.15) is 24.2 Å². The van der Waals surface area contributed by atoms with Crippen molar-refractivity contribution in [3.8, 4) is 0 Å². The van der Waals surface area contributed by atoms with Crippen molar-refractivity contribution < 1.29 is 8.42 Å². The molecule has 0 bridgehead atoms. The lowest BCUT2D eigenvalue weighted by atomic mass is 10.2. The molecule has 0 N–H and O–H groups in total. The molecule has 130 valence electrons. The molecule has 24 heavy (non-hydrogen) atoms. The first kappa shape index (κ1) is 17.2. The molecular weight excluding hydrogens is 322 g/mol. The molecule has 1 saturated heterocycles. The quantitative estimate of drug-likeness (QED) is 0.805. The van der Waals surface area contributed by atoms with Crippen molar-refractivity contribution in [1.82, 2.24) is 14.7 Å². The number of rotatable bonds is 6. The molecule has 1 aliphatic heterocycles. The SMILES string of the molecule is Cc1cc(C)n(C[C@H]2CCCN2CCS(=O)(=O)c2ccccc2)n1. The molecule has 0 spiro atoms. The molecule has 0 aliphatic carbocycles. The molecule has 0 amide bonds. The van der Waals surface area contributed by atoms with E-state index in [9.17, 15) is 8.42 Å². The number of hydrogen-bond donors (Lipinski definition) is 0. The number of nitrogens with zero attached hydrogens (tertiary/aromatic N) is 3. The maximum atomic E-state index is 12.5. The average molecular weight is 347 g/mol. The van der Waals surface area contributed by atoms with Gasteiger partial charge >= 0.3 is 0 Å². The summed E-state index contributed by atoms with van der Waals surface area (Å²) in [5.41, 5.74) is 2.19. The van der Waals surface area contributed by atoms with Crippen LogP contribution in [0.15, 0.2) is 41.3 Å². The number of aryl methyl sites for hydroxylation is 2. The summed E-state index contributed by atoms with van der Waals surface area (Å²) in [5.74, 6) is 0.171. The van der Waals surface area contributed by atoms with Crippen LogP contribution in [0.4, 0.5) is 0 Å². The second-order valence-electron chi connectivity index (χ2n) is 6.57. The molecule has 1 aliphatic rings. The second kappa shape index (κ2) is 7.07. The third-order valence-corrected chi connectivity index (χ3v) is 6.45. The summed E-state index contributed by atoms with van der Waals surface area (Å²) in [6.07, 6.45) is 2.22. The molecule has 1 aromatic heterocycles. The van der Waals surface area contributed by atoms with Gasteiger partial charge in [-0.25, -0.2) is 8.42 Å². The Kier molecular flexibility index (Phi) is 5.06. The maximum Gasteiger partial charge on any atom is 0.179 e. The number of aromatic nitrogens is 2. The molecular formula is C18H25N3O2S. The fourth-order valence-electron chi connectivity index (χ4n) is 3.44. The Bertz CT molecular complexity index is 784. The number of hydrogen-bond acceptors (Lipinski definition) is 4. The van der Waals surface area contributed by atoms with Crippen LogP contribution < -0.4 is 0 Å². The lowest BCUT2D eigenvalue weighted by Gasteiger charge is -2.24. The van der Waals surface area contributed by atoms with Gasteiger partial charge < -0.3 is 0 Å². The van der Waals surface area contributed by atoms with Crippen LogP contribution in [0.2, 0.25) is 0 Å². The van der Waals surface area contributed by atoms with Gasteiger partial charge in [-0.2, -0.15) is 5.10 Å². The summed E-state index contributed by atoms with van der Waals surface area (Å²) in [4.78, 5) is 2.72. The van der Waals surface area contributed by atoms with Crippen molar-refractivity contribution in [3.05, 3.63) is 47.8 Å². The summed E-state index contributed by atoms with van der Waals surface area (Å²) in [6.45, 7) is 6.46. The summed E-state index contributed by atoms with van der Waals surface area (Å²) in [5, 5.41) is 4.54. The molecule has 0 radical (unpaired) electrons. The molecule has 5 nitrogen and oxygen atoms in total. The number of benzene rings is 1. The molecule has 3 rings (SSSR count). The lowest BCUT2D eigenvalue weighted by Crippen LogP contribution is -2.36. The van der Waals surface area contributed by atoms with Gasteiger partial charge in [0.25, 0.3) is 0 Å². The van der Waals surface area contributed by atoms with Crippen LogP contribution in [0.25, 0.3) is 0 Å². The van der Waals surface area contributed by atoms with Crippen molar-refractivity contribution in [2.24, 2.45) is 0 Å². The Hall–Kier alpha value is -1.66. The van der Waals surface area contributed by atoms with Crippen LogP contribution in [0, 0.1) is 13.8 Å². The van der Waals surface area contributed by atoms with Crippen LogP contribution >= 0.6 is 0 Å². The fraction of sp³-hybridized carbons (Fsp3) is 0.500. The predicted octanol–water partition coefficient (Wildman–Crippen LogP) is 2.44. The van der Waals surface area contributed by atoms with Gasteiger partial charge in [0.15, 0.2) is 9.84 Å². The van der Waals surface area contributed by atoms with E-state index in [-0.39, 0.29) is 5.75 Å². The normalized spacial score (nSPS) is 19.0. The van der Waals surface area contributed by atoms with E-state index in [0.717, 1.165) is 37.3 Å². The Morgan fingerprint density at radius 1 is 1.21 bits per heavy atom. The van der Waals surface area contributed by atoms with Gasteiger partial charge in [0.05, 0.1) is 22.9 Å². The topological polar surface area (TPSA) is 55.2 Å². The standard InChI is InChI=1S/C18H25N3O2S/c1-15-13-16(2)21(19-15)14-17-7-6-10-20(17)11-12-24(22,23)18-8-4-3-5-9-18/h3-5,8-9,13,17H,6-7,10-12,14H2,1-2H3/t17-/m1/s1. The zero-order chi connectivity index (χ0) is 17.2. The molecule has 0 unspecified atom stereocenters. The first-order valence-corrected chi connectivity index (χ1v) is 10.1. The zero-order valence-corrected chi connectivity index (χ0v) is 15.2. The minimum atomic E-state index is -3.21. The van der Waals surface area contributed by atoms with Gasteiger partial charge in [0.2, 0.25) is 0 Å². The molecule has 1 fully saturated rings. The Labute approximate surface area is 144 Å². The van der Waals surface area contributed by atoms with Crippen LogP contribution in [0.3, 0.4) is 0 Å². The highest BCUT2D eigenvalue weighted by atomic mass is 32.2. The van der Waals surface area contributed by atoms with Crippen molar-refractivity contribution in [3.63, 3.8) is 0 Å². The summed E-state index contributed by atoms with van der Waals surface area (Å²) in [7, 11) is -3.21. The number of sulfone groups is 1. The summed E-state index contributed by atoms with van der Waals surface area (Å²) < 4.78 is 27.0. The van der Waals surface area contributed by atoms with Crippen LogP contribution in [-0.2, 0) is 16.4 Å². The average Bonchev–Trinajstić information content (AvgIpc) is 3.13. The third kappa shape index (κ3) is 3.87. The lowest BCUT2D eigenvalue weighted by molar-refractivity contribution is 0.238. The first-order chi connectivity index (χ1) is 11.5. The van der Waals surface area contributed by atoms with E-state index in [2.05, 4.69) is 23.0 Å². The highest BCUT2D eigenvalue weighted by Gasteiger charge is 2.27. The smallest absolute Gasteiger partial charge is 0.179 e. The van der Waals surface area contributed by atoms with Gasteiger partial charge in [-0.3, -0.25) is 9.58 Å². The van der Waals surface area contributed by atoms with Gasteiger partial charge in [-0.15, -0.1) is 0 Å². The van der Waals surface area contributed by atoms with E-state index >= 15 is 0 Å². The molecule has 1 aromatic carbocycles. The fourth-order valence-corrected chi connectivity index (χ4v) is 4.72. The van der Waals surface area contributed by atoms with Crippen molar-refractivity contribution in [1.29, 1.82) is 0 Å². The summed E-state index contributed by atoms with van der Waals surface area (Å²) >= 11 is 0. The number of likely N-dealkylation sites (tertiary alicyclic amines) is 1. The Balaban J connectivity index is 1.63. The Morgan fingerprint density at radius 2 is 1.96 bits per heavy atom. The minimum Gasteiger partial charge on any atom is -0.298 e. The van der Waals surface area contributed by atoms with Crippen LogP contribution in [0.5, 0.6) is 0 Å². The van der Waals surface area contributed by atoms with Crippen molar-refractivity contribution in [2.75, 3.05) is 18.8 Å². The van der Waals surface area contributed by atoms with Gasteiger partial charge in [0.1, 0.15) is 0 Å². The molecule has 2 heterocycles. The largest absolute Gasteiger partial charge is 0.298 e. The molecule has 1 atom stereocenters. The minimum absolute atomic E-state index is 0.171. The van der Waals surface area contributed by atoms with E-state index < -0.39 is 9.84 Å². The highest BCUT2D eigenvalue weighted by Crippen LogP contribution is 2.20. The van der Waals surface area contributed by atoms with E-state index in [0.29, 0.717) is 17.5 Å². The third-order valence-electron chi connectivity index (χ3n) is 4.74. The zero-order valence-electron chi connectivity index (χ0n) is 14.4. The van der Waals surface area contributed by atoms with Gasteiger partial charge in [-0.1, -0.05) is 18.2 Å². The van der Waals surface area contributed by atoms with E-state index in [1.165, 1.54) is 0 Å². The predicted molar refractivity (Wildman–Crippen MR) is 94.8 cm³/mol. The van der Waals surface area contributed by atoms with E-state index in [1.54, 1.807) is 24.3 Å². The second-order valence-corrected chi connectivity index (χ2v) is 8.68. The van der Waals surface area contributed by atoms with E-state index in [1.807, 2.05) is 17.7 Å². The van der Waals surface area contributed by atoms with Gasteiger partial charge in [-0.05, 0) is 51.4 Å². The first-order valence-electron chi connectivity index (χ1n) is 8.48. The molecule has 6 heteroatoms. The molecule has 2 aromatic rings. The van der Waals surface area contributed by atoms with Crippen LogP contribution in [-0.4, -0.2) is 48.0 Å². The maximum absolute atomic E-state index is 12.5.